The van der Waals surface area contributed by atoms with Crippen molar-refractivity contribution in [1.82, 2.24) is 4.98 Å². The Morgan fingerprint density at radius 3 is 2.81 bits per heavy atom. The molecule has 0 saturated heterocycles. The molecule has 0 spiro atoms. The van der Waals surface area contributed by atoms with Crippen LogP contribution >= 0.6 is 0 Å². The maximum Gasteiger partial charge on any atom is 0.244 e. The molecule has 1 atom stereocenters. The molecule has 0 aliphatic heterocycles. The highest BCUT2D eigenvalue weighted by atomic mass is 19.1. The number of carbonyl (C=O) groups is 1. The first-order valence-electron chi connectivity index (χ1n) is 5.17. The molecule has 1 amide bonds. The number of nitrogens with zero attached hydrogens (tertiary/aromatic N) is 1. The van der Waals surface area contributed by atoms with Crippen molar-refractivity contribution in [2.24, 2.45) is 5.73 Å². The number of carbonyl (C=O) groups excluding carboxylic acids is 1. The van der Waals surface area contributed by atoms with Gasteiger partial charge in [0.1, 0.15) is 0 Å². The lowest BCUT2D eigenvalue weighted by Crippen LogP contribution is -2.48. The number of rotatable bonds is 4. The van der Waals surface area contributed by atoms with E-state index in [0.717, 1.165) is 6.42 Å². The average Bonchev–Trinajstić information content (AvgIpc) is 2.21. The minimum Gasteiger partial charge on any atom is -0.323 e. The van der Waals surface area contributed by atoms with Crippen LogP contribution in [0.25, 0.3) is 0 Å². The molecule has 88 valence electrons. The Kier molecular flexibility index (Phi) is 3.95. The third kappa shape index (κ3) is 3.27. The molecule has 0 saturated carbocycles. The standard InChI is InChI=1S/C11H16FN3O/c1-3-6-11(2,13)10(16)15-8-4-5-9(12)14-7-8/h4-5,7H,3,6,13H2,1-2H3,(H,15,16). The van der Waals surface area contributed by atoms with Crippen LogP contribution in [0.2, 0.25) is 0 Å². The van der Waals surface area contributed by atoms with E-state index < -0.39 is 11.5 Å². The lowest BCUT2D eigenvalue weighted by atomic mass is 9.96. The molecular formula is C11H16FN3O. The van der Waals surface area contributed by atoms with E-state index >= 15 is 0 Å². The summed E-state index contributed by atoms with van der Waals surface area (Å²) in [6, 6.07) is 2.63. The Labute approximate surface area is 94.1 Å². The van der Waals surface area contributed by atoms with Crippen molar-refractivity contribution in [2.45, 2.75) is 32.2 Å². The zero-order chi connectivity index (χ0) is 12.2. The van der Waals surface area contributed by atoms with Gasteiger partial charge in [0.2, 0.25) is 11.9 Å². The largest absolute Gasteiger partial charge is 0.323 e. The van der Waals surface area contributed by atoms with Crippen LogP contribution in [-0.2, 0) is 4.79 Å². The summed E-state index contributed by atoms with van der Waals surface area (Å²) in [4.78, 5) is 15.2. The van der Waals surface area contributed by atoms with E-state index in [-0.39, 0.29) is 5.91 Å². The van der Waals surface area contributed by atoms with Crippen molar-refractivity contribution in [1.29, 1.82) is 0 Å². The van der Waals surface area contributed by atoms with Gasteiger partial charge in [0.15, 0.2) is 0 Å². The molecule has 4 nitrogen and oxygen atoms in total. The van der Waals surface area contributed by atoms with Gasteiger partial charge in [-0.1, -0.05) is 13.3 Å². The van der Waals surface area contributed by atoms with Crippen molar-refractivity contribution >= 4 is 11.6 Å². The average molecular weight is 225 g/mol. The van der Waals surface area contributed by atoms with E-state index in [0.29, 0.717) is 12.1 Å². The smallest absolute Gasteiger partial charge is 0.244 e. The number of hydrogen-bond donors (Lipinski definition) is 2. The summed E-state index contributed by atoms with van der Waals surface area (Å²) in [5.74, 6) is -0.871. The number of hydrogen-bond acceptors (Lipinski definition) is 3. The summed E-state index contributed by atoms with van der Waals surface area (Å²) in [5, 5.41) is 2.60. The monoisotopic (exact) mass is 225 g/mol. The fraction of sp³-hybridized carbons (Fsp3) is 0.455. The molecule has 3 N–H and O–H groups in total. The van der Waals surface area contributed by atoms with Gasteiger partial charge >= 0.3 is 0 Å². The van der Waals surface area contributed by atoms with Gasteiger partial charge < -0.3 is 11.1 Å². The first-order valence-corrected chi connectivity index (χ1v) is 5.17. The predicted octanol–water partition coefficient (Wildman–Crippen LogP) is 1.68. The number of aromatic nitrogens is 1. The normalized spacial score (nSPS) is 14.2. The summed E-state index contributed by atoms with van der Waals surface area (Å²) in [7, 11) is 0. The molecule has 1 heterocycles. The molecule has 1 rings (SSSR count). The Balaban J connectivity index is 2.67. The second kappa shape index (κ2) is 5.03. The first kappa shape index (κ1) is 12.6. The molecule has 5 heteroatoms. The number of nitrogens with two attached hydrogens (primary N) is 1. The molecule has 1 aromatic rings. The van der Waals surface area contributed by atoms with Crippen LogP contribution in [0.1, 0.15) is 26.7 Å². The van der Waals surface area contributed by atoms with Gasteiger partial charge in [-0.3, -0.25) is 4.79 Å². The summed E-state index contributed by atoms with van der Waals surface area (Å²) in [6.07, 6.45) is 2.67. The van der Waals surface area contributed by atoms with E-state index in [1.165, 1.54) is 18.3 Å². The van der Waals surface area contributed by atoms with Crippen LogP contribution in [-0.4, -0.2) is 16.4 Å². The highest BCUT2D eigenvalue weighted by molar-refractivity contribution is 5.97. The van der Waals surface area contributed by atoms with Crippen molar-refractivity contribution in [3.05, 3.63) is 24.3 Å². The van der Waals surface area contributed by atoms with Gasteiger partial charge in [0, 0.05) is 0 Å². The van der Waals surface area contributed by atoms with E-state index in [1.807, 2.05) is 6.92 Å². The number of nitrogens with one attached hydrogen (secondary N) is 1. The van der Waals surface area contributed by atoms with E-state index in [4.69, 9.17) is 5.73 Å². The Morgan fingerprint density at radius 2 is 2.31 bits per heavy atom. The van der Waals surface area contributed by atoms with Gasteiger partial charge in [0.05, 0.1) is 17.4 Å². The summed E-state index contributed by atoms with van der Waals surface area (Å²) >= 11 is 0. The molecule has 0 radical (unpaired) electrons. The third-order valence-corrected chi connectivity index (χ3v) is 2.27. The molecule has 0 bridgehead atoms. The van der Waals surface area contributed by atoms with Crippen molar-refractivity contribution < 1.29 is 9.18 Å². The van der Waals surface area contributed by atoms with E-state index in [9.17, 15) is 9.18 Å². The molecule has 1 aromatic heterocycles. The highest BCUT2D eigenvalue weighted by Crippen LogP contribution is 2.13. The summed E-state index contributed by atoms with van der Waals surface area (Å²) in [5.41, 5.74) is 5.37. The quantitative estimate of drug-likeness (QED) is 0.766. The molecule has 1 unspecified atom stereocenters. The predicted molar refractivity (Wildman–Crippen MR) is 60.3 cm³/mol. The summed E-state index contributed by atoms with van der Waals surface area (Å²) < 4.78 is 12.5. The summed E-state index contributed by atoms with van der Waals surface area (Å²) in [6.45, 7) is 3.63. The topological polar surface area (TPSA) is 68.0 Å². The molecule has 0 aliphatic carbocycles. The van der Waals surface area contributed by atoms with Crippen LogP contribution in [0.4, 0.5) is 10.1 Å². The van der Waals surface area contributed by atoms with Gasteiger partial charge in [-0.15, -0.1) is 0 Å². The second-order valence-electron chi connectivity index (χ2n) is 3.99. The molecule has 0 aromatic carbocycles. The Morgan fingerprint density at radius 1 is 1.62 bits per heavy atom. The van der Waals surface area contributed by atoms with Gasteiger partial charge in [0.25, 0.3) is 0 Å². The zero-order valence-electron chi connectivity index (χ0n) is 9.46. The third-order valence-electron chi connectivity index (χ3n) is 2.27. The number of amides is 1. The minimum atomic E-state index is -0.914. The van der Waals surface area contributed by atoms with E-state index in [1.54, 1.807) is 6.92 Å². The van der Waals surface area contributed by atoms with Crippen LogP contribution in [0.15, 0.2) is 18.3 Å². The fourth-order valence-corrected chi connectivity index (χ4v) is 1.36. The van der Waals surface area contributed by atoms with Crippen molar-refractivity contribution in [3.63, 3.8) is 0 Å². The SMILES string of the molecule is CCCC(C)(N)C(=O)Nc1ccc(F)nc1. The number of anilines is 1. The highest BCUT2D eigenvalue weighted by Gasteiger charge is 2.27. The van der Waals surface area contributed by atoms with Crippen LogP contribution < -0.4 is 11.1 Å². The minimum absolute atomic E-state index is 0.289. The maximum absolute atomic E-state index is 12.5. The van der Waals surface area contributed by atoms with Gasteiger partial charge in [-0.2, -0.15) is 4.39 Å². The lowest BCUT2D eigenvalue weighted by Gasteiger charge is -2.22. The van der Waals surface area contributed by atoms with Gasteiger partial charge in [-0.05, 0) is 25.5 Å². The molecule has 0 fully saturated rings. The fourth-order valence-electron chi connectivity index (χ4n) is 1.36. The zero-order valence-corrected chi connectivity index (χ0v) is 9.46. The number of halogens is 1. The molecular weight excluding hydrogens is 209 g/mol. The Bertz CT molecular complexity index is 362. The Hall–Kier alpha value is -1.49. The second-order valence-corrected chi connectivity index (χ2v) is 3.99. The van der Waals surface area contributed by atoms with Gasteiger partial charge in [-0.25, -0.2) is 4.98 Å². The van der Waals surface area contributed by atoms with Crippen LogP contribution in [0, 0.1) is 5.95 Å². The first-order chi connectivity index (χ1) is 7.45. The molecule has 16 heavy (non-hydrogen) atoms. The van der Waals surface area contributed by atoms with Crippen molar-refractivity contribution in [2.75, 3.05) is 5.32 Å². The van der Waals surface area contributed by atoms with Crippen LogP contribution in [0.5, 0.6) is 0 Å². The number of pyridine rings is 1. The lowest BCUT2D eigenvalue weighted by molar-refractivity contribution is -0.120. The van der Waals surface area contributed by atoms with E-state index in [2.05, 4.69) is 10.3 Å². The van der Waals surface area contributed by atoms with Crippen molar-refractivity contribution in [3.8, 4) is 0 Å². The maximum atomic E-state index is 12.5. The molecule has 0 aliphatic rings. The van der Waals surface area contributed by atoms with Crippen LogP contribution in [0.3, 0.4) is 0 Å².